The van der Waals surface area contributed by atoms with Gasteiger partial charge < -0.3 is 0 Å². The van der Waals surface area contributed by atoms with Crippen molar-refractivity contribution in [1.82, 2.24) is 14.8 Å². The van der Waals surface area contributed by atoms with E-state index in [-0.39, 0.29) is 11.0 Å². The van der Waals surface area contributed by atoms with E-state index in [4.69, 9.17) is 0 Å². The number of hydrogen-bond acceptors (Lipinski definition) is 2. The minimum absolute atomic E-state index is 0.0225. The summed E-state index contributed by atoms with van der Waals surface area (Å²) in [7, 11) is 0. The standard InChI is InChI=1S/C14H27N3/c1-6-8-10-14(5,9-7-2)13(3,4)17-12-15-11-16-17/h11-12H,6-10H2,1-5H3. The second kappa shape index (κ2) is 5.65. The fraction of sp³-hybridized carbons (Fsp3) is 0.857. The van der Waals surface area contributed by atoms with Crippen molar-refractivity contribution in [3.05, 3.63) is 12.7 Å². The third kappa shape index (κ3) is 2.88. The lowest BCUT2D eigenvalue weighted by molar-refractivity contribution is 0.0604. The number of nitrogens with zero attached hydrogens (tertiary/aromatic N) is 3. The third-order valence-electron chi connectivity index (χ3n) is 4.35. The number of unbranched alkanes of at least 4 members (excludes halogenated alkanes) is 1. The van der Waals surface area contributed by atoms with Gasteiger partial charge in [0.25, 0.3) is 0 Å². The van der Waals surface area contributed by atoms with Gasteiger partial charge in [-0.25, -0.2) is 9.67 Å². The Morgan fingerprint density at radius 3 is 2.24 bits per heavy atom. The summed E-state index contributed by atoms with van der Waals surface area (Å²) in [5.41, 5.74) is 0.306. The van der Waals surface area contributed by atoms with Crippen molar-refractivity contribution >= 4 is 0 Å². The molecular formula is C14H27N3. The second-order valence-electron chi connectivity index (χ2n) is 5.81. The van der Waals surface area contributed by atoms with Gasteiger partial charge in [0.2, 0.25) is 0 Å². The summed E-state index contributed by atoms with van der Waals surface area (Å²) < 4.78 is 2.03. The first-order valence-electron chi connectivity index (χ1n) is 6.83. The first-order chi connectivity index (χ1) is 7.98. The monoisotopic (exact) mass is 237 g/mol. The summed E-state index contributed by atoms with van der Waals surface area (Å²) in [6.07, 6.45) is 9.73. The zero-order chi connectivity index (χ0) is 12.9. The van der Waals surface area contributed by atoms with Crippen molar-refractivity contribution in [1.29, 1.82) is 0 Å². The molecule has 1 unspecified atom stereocenters. The first-order valence-corrected chi connectivity index (χ1v) is 6.83. The average molecular weight is 237 g/mol. The van der Waals surface area contributed by atoms with E-state index in [0.29, 0.717) is 0 Å². The third-order valence-corrected chi connectivity index (χ3v) is 4.35. The van der Waals surface area contributed by atoms with Crippen molar-refractivity contribution in [2.24, 2.45) is 5.41 Å². The Morgan fingerprint density at radius 2 is 1.76 bits per heavy atom. The van der Waals surface area contributed by atoms with Gasteiger partial charge in [0, 0.05) is 0 Å². The quantitative estimate of drug-likeness (QED) is 0.717. The van der Waals surface area contributed by atoms with Crippen LogP contribution in [0, 0.1) is 5.41 Å². The van der Waals surface area contributed by atoms with Crippen molar-refractivity contribution < 1.29 is 0 Å². The molecule has 0 aliphatic heterocycles. The molecule has 0 saturated carbocycles. The Labute approximate surface area is 106 Å². The summed E-state index contributed by atoms with van der Waals surface area (Å²) in [4.78, 5) is 4.09. The SMILES string of the molecule is CCCCC(C)(CCC)C(C)(C)n1cncn1. The molecule has 0 saturated heterocycles. The molecule has 17 heavy (non-hydrogen) atoms. The summed E-state index contributed by atoms with van der Waals surface area (Å²) in [5, 5.41) is 4.35. The molecule has 1 aromatic heterocycles. The summed E-state index contributed by atoms with van der Waals surface area (Å²) in [5.74, 6) is 0. The molecule has 0 spiro atoms. The number of rotatable bonds is 7. The van der Waals surface area contributed by atoms with E-state index >= 15 is 0 Å². The van der Waals surface area contributed by atoms with Gasteiger partial charge >= 0.3 is 0 Å². The minimum atomic E-state index is 0.0225. The van der Waals surface area contributed by atoms with Gasteiger partial charge in [-0.3, -0.25) is 0 Å². The van der Waals surface area contributed by atoms with Gasteiger partial charge in [0.1, 0.15) is 12.7 Å². The van der Waals surface area contributed by atoms with Gasteiger partial charge in [0.15, 0.2) is 0 Å². The fourth-order valence-electron chi connectivity index (χ4n) is 2.63. The van der Waals surface area contributed by atoms with Crippen molar-refractivity contribution in [3.8, 4) is 0 Å². The lowest BCUT2D eigenvalue weighted by atomic mass is 9.67. The zero-order valence-corrected chi connectivity index (χ0v) is 12.0. The normalized spacial score (nSPS) is 15.8. The fourth-order valence-corrected chi connectivity index (χ4v) is 2.63. The van der Waals surface area contributed by atoms with E-state index in [0.717, 1.165) is 0 Å². The molecule has 0 aliphatic carbocycles. The highest BCUT2D eigenvalue weighted by atomic mass is 15.4. The molecular weight excluding hydrogens is 210 g/mol. The lowest BCUT2D eigenvalue weighted by Gasteiger charge is -2.44. The van der Waals surface area contributed by atoms with Crippen LogP contribution in [-0.2, 0) is 5.54 Å². The van der Waals surface area contributed by atoms with E-state index in [1.54, 1.807) is 6.33 Å². The van der Waals surface area contributed by atoms with Crippen molar-refractivity contribution in [2.45, 2.75) is 72.3 Å². The Morgan fingerprint density at radius 1 is 1.06 bits per heavy atom. The van der Waals surface area contributed by atoms with Crippen LogP contribution in [0.1, 0.15) is 66.7 Å². The van der Waals surface area contributed by atoms with Crippen LogP contribution in [0.4, 0.5) is 0 Å². The smallest absolute Gasteiger partial charge is 0.137 e. The van der Waals surface area contributed by atoms with Crippen LogP contribution < -0.4 is 0 Å². The first kappa shape index (κ1) is 14.2. The molecule has 3 heteroatoms. The van der Waals surface area contributed by atoms with Crippen LogP contribution in [0.15, 0.2) is 12.7 Å². The van der Waals surface area contributed by atoms with Crippen LogP contribution in [0.25, 0.3) is 0 Å². The van der Waals surface area contributed by atoms with Crippen LogP contribution >= 0.6 is 0 Å². The molecule has 3 nitrogen and oxygen atoms in total. The minimum Gasteiger partial charge on any atom is -0.247 e. The maximum Gasteiger partial charge on any atom is 0.137 e. The zero-order valence-electron chi connectivity index (χ0n) is 12.0. The summed E-state index contributed by atoms with van der Waals surface area (Å²) in [6.45, 7) is 11.5. The molecule has 0 radical (unpaired) electrons. The van der Waals surface area contributed by atoms with E-state index in [2.05, 4.69) is 44.7 Å². The Balaban J connectivity index is 2.95. The molecule has 0 aromatic carbocycles. The Hall–Kier alpha value is -0.860. The van der Waals surface area contributed by atoms with Gasteiger partial charge in [-0.1, -0.05) is 40.0 Å². The molecule has 1 aromatic rings. The van der Waals surface area contributed by atoms with Crippen molar-refractivity contribution in [3.63, 3.8) is 0 Å². The lowest BCUT2D eigenvalue weighted by Crippen LogP contribution is -2.44. The largest absolute Gasteiger partial charge is 0.247 e. The van der Waals surface area contributed by atoms with Gasteiger partial charge in [0.05, 0.1) is 5.54 Å². The topological polar surface area (TPSA) is 30.7 Å². The molecule has 0 fully saturated rings. The van der Waals surface area contributed by atoms with E-state index in [9.17, 15) is 0 Å². The molecule has 0 bridgehead atoms. The molecule has 98 valence electrons. The van der Waals surface area contributed by atoms with Crippen molar-refractivity contribution in [2.75, 3.05) is 0 Å². The van der Waals surface area contributed by atoms with Gasteiger partial charge in [-0.15, -0.1) is 0 Å². The van der Waals surface area contributed by atoms with Crippen LogP contribution in [-0.4, -0.2) is 14.8 Å². The molecule has 0 aliphatic rings. The predicted octanol–water partition coefficient (Wildman–Crippen LogP) is 4.01. The second-order valence-corrected chi connectivity index (χ2v) is 5.81. The highest BCUT2D eigenvalue weighted by molar-refractivity contribution is 4.93. The highest BCUT2D eigenvalue weighted by Crippen LogP contribution is 2.44. The molecule has 0 N–H and O–H groups in total. The van der Waals surface area contributed by atoms with Crippen LogP contribution in [0.5, 0.6) is 0 Å². The number of aromatic nitrogens is 3. The molecule has 1 atom stereocenters. The van der Waals surface area contributed by atoms with Gasteiger partial charge in [-0.05, 0) is 32.1 Å². The summed E-state index contributed by atoms with van der Waals surface area (Å²) in [6, 6.07) is 0. The highest BCUT2D eigenvalue weighted by Gasteiger charge is 2.41. The maximum atomic E-state index is 4.35. The molecule has 1 rings (SSSR count). The molecule has 1 heterocycles. The Bertz CT molecular complexity index is 316. The average Bonchev–Trinajstić information content (AvgIpc) is 2.80. The molecule has 0 amide bonds. The van der Waals surface area contributed by atoms with E-state index in [1.807, 2.05) is 11.0 Å². The van der Waals surface area contributed by atoms with Gasteiger partial charge in [-0.2, -0.15) is 5.10 Å². The Kier molecular flexibility index (Phi) is 4.72. The van der Waals surface area contributed by atoms with Crippen LogP contribution in [0.3, 0.4) is 0 Å². The maximum absolute atomic E-state index is 4.35. The summed E-state index contributed by atoms with van der Waals surface area (Å²) >= 11 is 0. The predicted molar refractivity (Wildman–Crippen MR) is 71.9 cm³/mol. The number of hydrogen-bond donors (Lipinski definition) is 0. The van der Waals surface area contributed by atoms with E-state index in [1.165, 1.54) is 32.1 Å². The van der Waals surface area contributed by atoms with Crippen LogP contribution in [0.2, 0.25) is 0 Å². The van der Waals surface area contributed by atoms with E-state index < -0.39 is 0 Å².